The summed E-state index contributed by atoms with van der Waals surface area (Å²) in [5.41, 5.74) is 0.531. The highest BCUT2D eigenvalue weighted by molar-refractivity contribution is 9.11. The van der Waals surface area contributed by atoms with Crippen molar-refractivity contribution >= 4 is 22.1 Å². The maximum absolute atomic E-state index is 9.23. The smallest absolute Gasteiger partial charge is 0.140 e. The average Bonchev–Trinajstić information content (AvgIpc) is 1.95. The van der Waals surface area contributed by atoms with E-state index in [2.05, 4.69) is 21.2 Å². The van der Waals surface area contributed by atoms with E-state index in [0.29, 0.717) is 5.70 Å². The molecule has 0 aliphatic carbocycles. The molecule has 0 unspecified atom stereocenters. The van der Waals surface area contributed by atoms with Gasteiger partial charge >= 0.3 is 0 Å². The van der Waals surface area contributed by atoms with Crippen LogP contribution in [0.3, 0.4) is 0 Å². The number of hydrogen-bond acceptors (Lipinski definition) is 3. The summed E-state index contributed by atoms with van der Waals surface area (Å²) in [6.45, 7) is 0. The Hall–Kier alpha value is -1.03. The lowest BCUT2D eigenvalue weighted by atomic mass is 10.2. The molecule has 1 aliphatic rings. The number of dihydropyridines is 1. The summed E-state index contributed by atoms with van der Waals surface area (Å²) < 4.78 is 0.775. The lowest BCUT2D eigenvalue weighted by Gasteiger charge is -2.10. The molecule has 0 saturated heterocycles. The van der Waals surface area contributed by atoms with Crippen molar-refractivity contribution in [2.45, 2.75) is 0 Å². The third kappa shape index (κ3) is 1.94. The number of allylic oxidation sites excluding steroid dienone is 3. The van der Waals surface area contributed by atoms with E-state index in [1.165, 1.54) is 6.08 Å². The Morgan fingerprint density at radius 2 is 2.36 bits per heavy atom. The Labute approximate surface area is 72.8 Å². The third-order valence-corrected chi connectivity index (χ3v) is 1.62. The summed E-state index contributed by atoms with van der Waals surface area (Å²) in [5, 5.41) is 18.8. The fourth-order valence-electron chi connectivity index (χ4n) is 0.687. The van der Waals surface area contributed by atoms with Crippen LogP contribution in [-0.2, 0) is 0 Å². The molecule has 0 aromatic rings. The zero-order valence-corrected chi connectivity index (χ0v) is 7.22. The molecule has 1 heterocycles. The Balaban J connectivity index is 2.88. The first kappa shape index (κ1) is 8.07. The van der Waals surface area contributed by atoms with Crippen LogP contribution in [0.4, 0.5) is 0 Å². The summed E-state index contributed by atoms with van der Waals surface area (Å²) >= 11 is 3.19. The average molecular weight is 215 g/mol. The van der Waals surface area contributed by atoms with Crippen LogP contribution in [0.25, 0.3) is 0 Å². The standard InChI is InChI=1S/C7H7BrN2O/c8-5-3-7(11)6(1-2-9)10-4-5/h1-4,9-11H/b6-1-,9-2?. The van der Waals surface area contributed by atoms with Gasteiger partial charge in [-0.25, -0.2) is 0 Å². The number of aliphatic hydroxyl groups excluding tert-OH is 1. The molecule has 0 aromatic heterocycles. The summed E-state index contributed by atoms with van der Waals surface area (Å²) in [6, 6.07) is 0. The molecule has 0 aromatic carbocycles. The molecule has 3 N–H and O–H groups in total. The van der Waals surface area contributed by atoms with Crippen LogP contribution in [0.1, 0.15) is 0 Å². The van der Waals surface area contributed by atoms with E-state index in [9.17, 15) is 5.11 Å². The zero-order valence-electron chi connectivity index (χ0n) is 5.63. The van der Waals surface area contributed by atoms with Crippen LogP contribution in [0, 0.1) is 5.41 Å². The van der Waals surface area contributed by atoms with Gasteiger partial charge in [0.2, 0.25) is 0 Å². The van der Waals surface area contributed by atoms with Crippen molar-refractivity contribution in [3.05, 3.63) is 34.3 Å². The lowest BCUT2D eigenvalue weighted by molar-refractivity contribution is 0.416. The molecule has 58 valence electrons. The Morgan fingerprint density at radius 1 is 1.64 bits per heavy atom. The number of halogens is 1. The summed E-state index contributed by atoms with van der Waals surface area (Å²) in [5.74, 6) is 0.128. The second kappa shape index (κ2) is 3.39. The fourth-order valence-corrected chi connectivity index (χ4v) is 1.02. The highest BCUT2D eigenvalue weighted by atomic mass is 79.9. The normalized spacial score (nSPS) is 20.3. The molecular weight excluding hydrogens is 208 g/mol. The van der Waals surface area contributed by atoms with Crippen LogP contribution in [0.2, 0.25) is 0 Å². The molecule has 11 heavy (non-hydrogen) atoms. The van der Waals surface area contributed by atoms with Crippen molar-refractivity contribution in [2.24, 2.45) is 0 Å². The molecule has 0 atom stereocenters. The second-order valence-electron chi connectivity index (χ2n) is 1.95. The van der Waals surface area contributed by atoms with Crippen molar-refractivity contribution in [1.29, 1.82) is 5.41 Å². The molecule has 0 radical (unpaired) electrons. The largest absolute Gasteiger partial charge is 0.506 e. The first-order chi connectivity index (χ1) is 5.24. The van der Waals surface area contributed by atoms with Crippen molar-refractivity contribution in [1.82, 2.24) is 5.32 Å². The van der Waals surface area contributed by atoms with Crippen molar-refractivity contribution < 1.29 is 5.11 Å². The van der Waals surface area contributed by atoms with Gasteiger partial charge in [-0.2, -0.15) is 0 Å². The molecule has 4 heteroatoms. The SMILES string of the molecule is N=C/C=C1\NC=C(Br)C=C1O. The fraction of sp³-hybridized carbons (Fsp3) is 0. The summed E-state index contributed by atoms with van der Waals surface area (Å²) in [7, 11) is 0. The highest BCUT2D eigenvalue weighted by Gasteiger charge is 2.05. The minimum Gasteiger partial charge on any atom is -0.506 e. The van der Waals surface area contributed by atoms with Gasteiger partial charge in [0.1, 0.15) is 5.76 Å². The van der Waals surface area contributed by atoms with Gasteiger partial charge in [0.15, 0.2) is 0 Å². The molecule has 1 aliphatic heterocycles. The van der Waals surface area contributed by atoms with Gasteiger partial charge in [0.25, 0.3) is 0 Å². The molecule has 0 saturated carbocycles. The number of hydrogen-bond donors (Lipinski definition) is 3. The van der Waals surface area contributed by atoms with Gasteiger partial charge in [-0.1, -0.05) is 0 Å². The van der Waals surface area contributed by atoms with Crippen molar-refractivity contribution in [3.63, 3.8) is 0 Å². The van der Waals surface area contributed by atoms with E-state index in [0.717, 1.165) is 10.7 Å². The molecule has 1 rings (SSSR count). The Kier molecular flexibility index (Phi) is 2.48. The Bertz CT molecular complexity index is 266. The first-order valence-electron chi connectivity index (χ1n) is 2.98. The van der Waals surface area contributed by atoms with Gasteiger partial charge in [0, 0.05) is 16.9 Å². The van der Waals surface area contributed by atoms with E-state index in [-0.39, 0.29) is 5.76 Å². The Morgan fingerprint density at radius 3 is 2.91 bits per heavy atom. The number of nitrogens with one attached hydrogen (secondary N) is 2. The van der Waals surface area contributed by atoms with Gasteiger partial charge in [0.05, 0.1) is 5.70 Å². The quantitative estimate of drug-likeness (QED) is 0.584. The van der Waals surface area contributed by atoms with Gasteiger partial charge < -0.3 is 15.8 Å². The lowest BCUT2D eigenvalue weighted by Crippen LogP contribution is -2.11. The maximum atomic E-state index is 9.23. The van der Waals surface area contributed by atoms with Crippen molar-refractivity contribution in [3.8, 4) is 0 Å². The minimum atomic E-state index is 0.128. The number of aliphatic hydroxyl groups is 1. The van der Waals surface area contributed by atoms with E-state index in [1.807, 2.05) is 0 Å². The van der Waals surface area contributed by atoms with Crippen LogP contribution in [0.15, 0.2) is 34.3 Å². The number of rotatable bonds is 1. The van der Waals surface area contributed by atoms with Gasteiger partial charge in [-0.15, -0.1) is 0 Å². The zero-order chi connectivity index (χ0) is 8.27. The minimum absolute atomic E-state index is 0.128. The molecular formula is C7H7BrN2O. The van der Waals surface area contributed by atoms with Crippen LogP contribution in [-0.4, -0.2) is 11.3 Å². The molecule has 0 spiro atoms. The molecule has 3 nitrogen and oxygen atoms in total. The molecule has 0 bridgehead atoms. The predicted molar refractivity (Wildman–Crippen MR) is 47.7 cm³/mol. The monoisotopic (exact) mass is 214 g/mol. The van der Waals surface area contributed by atoms with E-state index in [4.69, 9.17) is 5.41 Å². The molecule has 0 fully saturated rings. The predicted octanol–water partition coefficient (Wildman–Crippen LogP) is 1.80. The highest BCUT2D eigenvalue weighted by Crippen LogP contribution is 2.16. The topological polar surface area (TPSA) is 56.1 Å². The van der Waals surface area contributed by atoms with E-state index < -0.39 is 0 Å². The van der Waals surface area contributed by atoms with Gasteiger partial charge in [-0.05, 0) is 28.1 Å². The van der Waals surface area contributed by atoms with Crippen LogP contribution in [0.5, 0.6) is 0 Å². The van der Waals surface area contributed by atoms with Crippen molar-refractivity contribution in [2.75, 3.05) is 0 Å². The summed E-state index contributed by atoms with van der Waals surface area (Å²) in [4.78, 5) is 0. The van der Waals surface area contributed by atoms with E-state index in [1.54, 1.807) is 12.3 Å². The summed E-state index contributed by atoms with van der Waals surface area (Å²) in [6.07, 6.45) is 5.84. The third-order valence-electron chi connectivity index (χ3n) is 1.17. The van der Waals surface area contributed by atoms with Gasteiger partial charge in [-0.3, -0.25) is 0 Å². The van der Waals surface area contributed by atoms with E-state index >= 15 is 0 Å². The van der Waals surface area contributed by atoms with Crippen LogP contribution < -0.4 is 5.32 Å². The first-order valence-corrected chi connectivity index (χ1v) is 3.77. The second-order valence-corrected chi connectivity index (χ2v) is 2.87. The maximum Gasteiger partial charge on any atom is 0.140 e. The van der Waals surface area contributed by atoms with Crippen LogP contribution >= 0.6 is 15.9 Å². The molecule has 0 amide bonds.